The zero-order valence-corrected chi connectivity index (χ0v) is 12.8. The molecule has 108 valence electrons. The Balaban J connectivity index is 1.64. The van der Waals surface area contributed by atoms with Crippen LogP contribution in [0.3, 0.4) is 0 Å². The average molecular weight is 290 g/mol. The molecule has 1 aromatic rings. The molecule has 1 amide bonds. The molecule has 0 radical (unpaired) electrons. The van der Waals surface area contributed by atoms with Gasteiger partial charge in [0.2, 0.25) is 5.91 Å². The topological polar surface area (TPSA) is 32.3 Å². The highest BCUT2D eigenvalue weighted by atomic mass is 32.2. The van der Waals surface area contributed by atoms with Crippen molar-refractivity contribution in [1.82, 2.24) is 10.2 Å². The molecule has 0 aromatic heterocycles. The number of rotatable bonds is 6. The highest BCUT2D eigenvalue weighted by molar-refractivity contribution is 7.98. The molecule has 1 saturated carbocycles. The number of benzene rings is 1. The Bertz CT molecular complexity index is 470. The van der Waals surface area contributed by atoms with Crippen molar-refractivity contribution in [3.05, 3.63) is 29.8 Å². The van der Waals surface area contributed by atoms with Gasteiger partial charge >= 0.3 is 0 Å². The van der Waals surface area contributed by atoms with Crippen LogP contribution in [0.4, 0.5) is 0 Å². The number of hydrogen-bond acceptors (Lipinski definition) is 3. The van der Waals surface area contributed by atoms with Gasteiger partial charge in [-0.25, -0.2) is 0 Å². The SMILES string of the molecule is CSc1ccc(C2NCC(=O)N2CCCC2CC2)cc1. The lowest BCUT2D eigenvalue weighted by atomic mass is 10.1. The van der Waals surface area contributed by atoms with Crippen molar-refractivity contribution >= 4 is 17.7 Å². The molecule has 2 fully saturated rings. The van der Waals surface area contributed by atoms with Crippen LogP contribution >= 0.6 is 11.8 Å². The lowest BCUT2D eigenvalue weighted by Gasteiger charge is -2.24. The third kappa shape index (κ3) is 3.18. The average Bonchev–Trinajstić information content (AvgIpc) is 3.23. The van der Waals surface area contributed by atoms with Gasteiger partial charge in [-0.15, -0.1) is 11.8 Å². The van der Waals surface area contributed by atoms with Crippen LogP contribution in [-0.4, -0.2) is 30.2 Å². The van der Waals surface area contributed by atoms with Crippen LogP contribution in [0.25, 0.3) is 0 Å². The molecule has 1 heterocycles. The van der Waals surface area contributed by atoms with Crippen LogP contribution < -0.4 is 5.32 Å². The Morgan fingerprint density at radius 2 is 2.05 bits per heavy atom. The Labute approximate surface area is 125 Å². The van der Waals surface area contributed by atoms with E-state index in [0.29, 0.717) is 6.54 Å². The Morgan fingerprint density at radius 3 is 2.70 bits per heavy atom. The van der Waals surface area contributed by atoms with E-state index in [-0.39, 0.29) is 12.1 Å². The standard InChI is InChI=1S/C16H22N2OS/c1-20-14-8-6-13(7-9-14)16-17-11-15(19)18(16)10-2-3-12-4-5-12/h6-9,12,16-17H,2-5,10-11H2,1H3. The number of nitrogens with one attached hydrogen (secondary N) is 1. The van der Waals surface area contributed by atoms with Gasteiger partial charge in [0.25, 0.3) is 0 Å². The second kappa shape index (κ2) is 6.19. The van der Waals surface area contributed by atoms with E-state index in [4.69, 9.17) is 0 Å². The van der Waals surface area contributed by atoms with Crippen molar-refractivity contribution in [2.45, 2.75) is 36.7 Å². The highest BCUT2D eigenvalue weighted by Gasteiger charge is 2.31. The molecule has 0 spiro atoms. The normalized spacial score (nSPS) is 22.6. The van der Waals surface area contributed by atoms with Gasteiger partial charge in [-0.05, 0) is 42.7 Å². The Morgan fingerprint density at radius 1 is 1.30 bits per heavy atom. The molecule has 0 bridgehead atoms. The molecule has 1 N–H and O–H groups in total. The summed E-state index contributed by atoms with van der Waals surface area (Å²) in [5.74, 6) is 1.18. The molecule has 1 aliphatic carbocycles. The fourth-order valence-corrected chi connectivity index (χ4v) is 3.24. The summed E-state index contributed by atoms with van der Waals surface area (Å²) in [5.41, 5.74) is 1.19. The largest absolute Gasteiger partial charge is 0.322 e. The number of carbonyl (C=O) groups excluding carboxylic acids is 1. The lowest BCUT2D eigenvalue weighted by molar-refractivity contribution is -0.128. The summed E-state index contributed by atoms with van der Waals surface area (Å²) in [7, 11) is 0. The van der Waals surface area contributed by atoms with E-state index >= 15 is 0 Å². The van der Waals surface area contributed by atoms with Gasteiger partial charge < -0.3 is 4.90 Å². The minimum absolute atomic E-state index is 0.0672. The summed E-state index contributed by atoms with van der Waals surface area (Å²) < 4.78 is 0. The Kier molecular flexibility index (Phi) is 4.32. The minimum atomic E-state index is 0.0672. The van der Waals surface area contributed by atoms with Crippen molar-refractivity contribution in [3.8, 4) is 0 Å². The van der Waals surface area contributed by atoms with Crippen LogP contribution in [0.5, 0.6) is 0 Å². The van der Waals surface area contributed by atoms with Gasteiger partial charge in [0, 0.05) is 11.4 Å². The maximum atomic E-state index is 12.0. The predicted octanol–water partition coefficient (Wildman–Crippen LogP) is 3.03. The van der Waals surface area contributed by atoms with Gasteiger partial charge in [-0.3, -0.25) is 10.1 Å². The van der Waals surface area contributed by atoms with E-state index in [0.717, 1.165) is 18.9 Å². The first kappa shape index (κ1) is 14.0. The zero-order chi connectivity index (χ0) is 13.9. The zero-order valence-electron chi connectivity index (χ0n) is 12.0. The lowest BCUT2D eigenvalue weighted by Crippen LogP contribution is -2.31. The first-order valence-corrected chi connectivity index (χ1v) is 8.67. The second-order valence-electron chi connectivity index (χ2n) is 5.73. The summed E-state index contributed by atoms with van der Waals surface area (Å²) in [4.78, 5) is 15.3. The van der Waals surface area contributed by atoms with E-state index in [2.05, 4.69) is 35.8 Å². The molecular formula is C16H22N2OS. The summed E-state index contributed by atoms with van der Waals surface area (Å²) in [5, 5.41) is 3.33. The molecule has 20 heavy (non-hydrogen) atoms. The Hall–Kier alpha value is -1.00. The molecule has 1 unspecified atom stereocenters. The van der Waals surface area contributed by atoms with Gasteiger partial charge in [0.15, 0.2) is 0 Å². The number of hydrogen-bond donors (Lipinski definition) is 1. The van der Waals surface area contributed by atoms with E-state index in [1.54, 1.807) is 11.8 Å². The van der Waals surface area contributed by atoms with Gasteiger partial charge in [0.1, 0.15) is 6.17 Å². The van der Waals surface area contributed by atoms with E-state index < -0.39 is 0 Å². The first-order valence-electron chi connectivity index (χ1n) is 7.45. The number of carbonyl (C=O) groups is 1. The van der Waals surface area contributed by atoms with Crippen molar-refractivity contribution in [2.75, 3.05) is 19.3 Å². The van der Waals surface area contributed by atoms with Gasteiger partial charge in [-0.2, -0.15) is 0 Å². The summed E-state index contributed by atoms with van der Waals surface area (Å²) in [6, 6.07) is 8.53. The van der Waals surface area contributed by atoms with Gasteiger partial charge in [0.05, 0.1) is 6.54 Å². The van der Waals surface area contributed by atoms with Crippen LogP contribution in [0, 0.1) is 5.92 Å². The fraction of sp³-hybridized carbons (Fsp3) is 0.562. The predicted molar refractivity (Wildman–Crippen MR) is 82.6 cm³/mol. The van der Waals surface area contributed by atoms with Gasteiger partial charge in [-0.1, -0.05) is 25.0 Å². The van der Waals surface area contributed by atoms with E-state index in [1.807, 2.05) is 4.90 Å². The first-order chi connectivity index (χ1) is 9.78. The molecule has 1 aliphatic heterocycles. The van der Waals surface area contributed by atoms with E-state index in [1.165, 1.54) is 29.7 Å². The van der Waals surface area contributed by atoms with Crippen molar-refractivity contribution < 1.29 is 4.79 Å². The van der Waals surface area contributed by atoms with Crippen molar-refractivity contribution in [1.29, 1.82) is 0 Å². The van der Waals surface area contributed by atoms with Crippen LogP contribution in [0.15, 0.2) is 29.2 Å². The van der Waals surface area contributed by atoms with Crippen LogP contribution in [0.1, 0.15) is 37.4 Å². The molecule has 3 nitrogen and oxygen atoms in total. The maximum Gasteiger partial charge on any atom is 0.238 e. The van der Waals surface area contributed by atoms with Crippen LogP contribution in [-0.2, 0) is 4.79 Å². The minimum Gasteiger partial charge on any atom is -0.322 e. The molecule has 2 aliphatic rings. The van der Waals surface area contributed by atoms with E-state index in [9.17, 15) is 4.79 Å². The third-order valence-electron chi connectivity index (χ3n) is 4.22. The molecular weight excluding hydrogens is 268 g/mol. The molecule has 1 aromatic carbocycles. The smallest absolute Gasteiger partial charge is 0.238 e. The molecule has 1 saturated heterocycles. The summed E-state index contributed by atoms with van der Waals surface area (Å²) in [6.45, 7) is 1.36. The molecule has 3 rings (SSSR count). The summed E-state index contributed by atoms with van der Waals surface area (Å²) >= 11 is 1.74. The second-order valence-corrected chi connectivity index (χ2v) is 6.61. The monoisotopic (exact) mass is 290 g/mol. The third-order valence-corrected chi connectivity index (χ3v) is 4.96. The molecule has 4 heteroatoms. The number of amides is 1. The summed E-state index contributed by atoms with van der Waals surface area (Å²) in [6.07, 6.45) is 7.35. The van der Waals surface area contributed by atoms with Crippen molar-refractivity contribution in [2.24, 2.45) is 5.92 Å². The quantitative estimate of drug-likeness (QED) is 0.817. The highest BCUT2D eigenvalue weighted by Crippen LogP contribution is 2.34. The molecule has 1 atom stereocenters. The number of thioether (sulfide) groups is 1. The van der Waals surface area contributed by atoms with Crippen molar-refractivity contribution in [3.63, 3.8) is 0 Å². The fourth-order valence-electron chi connectivity index (χ4n) is 2.83. The van der Waals surface area contributed by atoms with Crippen LogP contribution in [0.2, 0.25) is 0 Å². The maximum absolute atomic E-state index is 12.0. The number of nitrogens with zero attached hydrogens (tertiary/aromatic N) is 1.